The van der Waals surface area contributed by atoms with E-state index < -0.39 is 0 Å². The lowest BCUT2D eigenvalue weighted by atomic mass is 10.1. The van der Waals surface area contributed by atoms with Gasteiger partial charge in [-0.05, 0) is 61.0 Å². The van der Waals surface area contributed by atoms with Gasteiger partial charge in [0.25, 0.3) is 0 Å². The van der Waals surface area contributed by atoms with E-state index in [9.17, 15) is 9.50 Å². The minimum Gasteiger partial charge on any atom is -0.507 e. The van der Waals surface area contributed by atoms with E-state index in [4.69, 9.17) is 0 Å². The Balaban J connectivity index is 1.51. The first kappa shape index (κ1) is 20.3. The molecule has 7 heteroatoms. The van der Waals surface area contributed by atoms with Crippen LogP contribution in [-0.4, -0.2) is 26.6 Å². The van der Waals surface area contributed by atoms with Crippen molar-refractivity contribution in [1.82, 2.24) is 15.0 Å². The molecule has 31 heavy (non-hydrogen) atoms. The van der Waals surface area contributed by atoms with Crippen LogP contribution in [0.25, 0.3) is 11.3 Å². The summed E-state index contributed by atoms with van der Waals surface area (Å²) in [4.78, 5) is 13.0. The molecule has 2 aromatic carbocycles. The summed E-state index contributed by atoms with van der Waals surface area (Å²) >= 11 is 0. The maximum Gasteiger partial charge on any atom is 0.223 e. The highest BCUT2D eigenvalue weighted by atomic mass is 19.1. The largest absolute Gasteiger partial charge is 0.507 e. The fraction of sp³-hybridized carbons (Fsp3) is 0.125. The van der Waals surface area contributed by atoms with E-state index in [1.54, 1.807) is 42.7 Å². The van der Waals surface area contributed by atoms with Gasteiger partial charge in [-0.1, -0.05) is 12.1 Å². The van der Waals surface area contributed by atoms with Crippen molar-refractivity contribution in [2.45, 2.75) is 13.3 Å². The molecule has 0 bridgehead atoms. The first-order valence-corrected chi connectivity index (χ1v) is 9.92. The SMILES string of the molecule is Cc1ccc(Nc2ccc(O)c(-c3ccnc(NCCc4ccccn4)n3)c2)c(F)c1. The Morgan fingerprint density at radius 1 is 0.968 bits per heavy atom. The fourth-order valence-corrected chi connectivity index (χ4v) is 3.14. The third-order valence-corrected chi connectivity index (χ3v) is 4.72. The number of aromatic nitrogens is 3. The summed E-state index contributed by atoms with van der Waals surface area (Å²) < 4.78 is 14.2. The zero-order valence-electron chi connectivity index (χ0n) is 17.0. The molecule has 0 fully saturated rings. The number of pyridine rings is 1. The van der Waals surface area contributed by atoms with Gasteiger partial charge in [0.05, 0.1) is 11.4 Å². The lowest BCUT2D eigenvalue weighted by Gasteiger charge is -2.12. The van der Waals surface area contributed by atoms with Crippen LogP contribution in [-0.2, 0) is 6.42 Å². The molecule has 0 saturated carbocycles. The van der Waals surface area contributed by atoms with Crippen LogP contribution in [0.1, 0.15) is 11.3 Å². The minimum absolute atomic E-state index is 0.0769. The van der Waals surface area contributed by atoms with Crippen molar-refractivity contribution in [2.24, 2.45) is 0 Å². The highest BCUT2D eigenvalue weighted by molar-refractivity contribution is 5.74. The minimum atomic E-state index is -0.337. The van der Waals surface area contributed by atoms with Crippen LogP contribution >= 0.6 is 0 Å². The van der Waals surface area contributed by atoms with Crippen LogP contribution in [0.2, 0.25) is 0 Å². The molecule has 0 amide bonds. The number of nitrogens with one attached hydrogen (secondary N) is 2. The van der Waals surface area contributed by atoms with Gasteiger partial charge in [-0.15, -0.1) is 0 Å². The molecule has 2 aromatic heterocycles. The summed E-state index contributed by atoms with van der Waals surface area (Å²) in [7, 11) is 0. The van der Waals surface area contributed by atoms with Gasteiger partial charge in [0, 0.05) is 42.3 Å². The van der Waals surface area contributed by atoms with Crippen molar-refractivity contribution >= 4 is 17.3 Å². The number of halogens is 1. The van der Waals surface area contributed by atoms with Gasteiger partial charge in [0.15, 0.2) is 0 Å². The van der Waals surface area contributed by atoms with Gasteiger partial charge in [0.2, 0.25) is 5.95 Å². The third kappa shape index (κ3) is 5.14. The van der Waals surface area contributed by atoms with Crippen molar-refractivity contribution in [1.29, 1.82) is 0 Å². The summed E-state index contributed by atoms with van der Waals surface area (Å²) in [6, 6.07) is 17.5. The zero-order chi connectivity index (χ0) is 21.6. The Morgan fingerprint density at radius 2 is 1.87 bits per heavy atom. The van der Waals surface area contributed by atoms with E-state index in [0.717, 1.165) is 17.7 Å². The second-order valence-electron chi connectivity index (χ2n) is 7.10. The van der Waals surface area contributed by atoms with Crippen LogP contribution in [0.4, 0.5) is 21.7 Å². The van der Waals surface area contributed by atoms with E-state index in [1.807, 2.05) is 31.2 Å². The standard InChI is InChI=1S/C24H22FN5O/c1-16-5-7-22(20(25)14-16)29-18-6-8-23(31)19(15-18)21-10-13-28-24(30-21)27-12-9-17-4-2-3-11-26-17/h2-8,10-11,13-15,29,31H,9,12H2,1H3,(H,27,28,30). The van der Waals surface area contributed by atoms with Crippen molar-refractivity contribution in [3.63, 3.8) is 0 Å². The van der Waals surface area contributed by atoms with E-state index >= 15 is 0 Å². The second kappa shape index (κ2) is 9.21. The number of phenolic OH excluding ortho intramolecular Hbond substituents is 1. The predicted octanol–water partition coefficient (Wildman–Crippen LogP) is 5.09. The van der Waals surface area contributed by atoms with E-state index in [0.29, 0.717) is 35.1 Å². The molecule has 4 aromatic rings. The third-order valence-electron chi connectivity index (χ3n) is 4.72. The number of rotatable bonds is 7. The molecular weight excluding hydrogens is 393 g/mol. The molecular formula is C24H22FN5O. The van der Waals surface area contributed by atoms with Gasteiger partial charge in [0.1, 0.15) is 11.6 Å². The average Bonchev–Trinajstić information content (AvgIpc) is 2.78. The maximum absolute atomic E-state index is 14.2. The first-order valence-electron chi connectivity index (χ1n) is 9.92. The maximum atomic E-state index is 14.2. The highest BCUT2D eigenvalue weighted by Crippen LogP contribution is 2.32. The Bertz CT molecular complexity index is 1180. The summed E-state index contributed by atoms with van der Waals surface area (Å²) in [6.45, 7) is 2.46. The Morgan fingerprint density at radius 3 is 2.68 bits per heavy atom. The zero-order valence-corrected chi connectivity index (χ0v) is 17.0. The Hall–Kier alpha value is -4.00. The Labute approximate surface area is 179 Å². The van der Waals surface area contributed by atoms with Crippen molar-refractivity contribution in [3.8, 4) is 17.0 Å². The number of hydrogen-bond donors (Lipinski definition) is 3. The molecule has 0 saturated heterocycles. The smallest absolute Gasteiger partial charge is 0.223 e. The molecule has 0 spiro atoms. The van der Waals surface area contributed by atoms with Gasteiger partial charge in [-0.2, -0.15) is 0 Å². The highest BCUT2D eigenvalue weighted by Gasteiger charge is 2.10. The summed E-state index contributed by atoms with van der Waals surface area (Å²) in [6.07, 6.45) is 4.13. The topological polar surface area (TPSA) is 83.0 Å². The molecule has 0 atom stereocenters. The van der Waals surface area contributed by atoms with Crippen molar-refractivity contribution in [2.75, 3.05) is 17.2 Å². The lowest BCUT2D eigenvalue weighted by molar-refractivity contribution is 0.477. The monoisotopic (exact) mass is 415 g/mol. The van der Waals surface area contributed by atoms with E-state index in [2.05, 4.69) is 25.6 Å². The number of hydrogen-bond acceptors (Lipinski definition) is 6. The van der Waals surface area contributed by atoms with Gasteiger partial charge in [-0.3, -0.25) is 4.98 Å². The van der Waals surface area contributed by atoms with Crippen LogP contribution in [0.15, 0.2) is 73.1 Å². The Kier molecular flexibility index (Phi) is 6.03. The normalized spacial score (nSPS) is 10.6. The second-order valence-corrected chi connectivity index (χ2v) is 7.10. The average molecular weight is 415 g/mol. The molecule has 0 aliphatic rings. The number of benzene rings is 2. The summed E-state index contributed by atoms with van der Waals surface area (Å²) in [5, 5.41) is 16.6. The number of nitrogens with zero attached hydrogens (tertiary/aromatic N) is 3. The molecule has 2 heterocycles. The van der Waals surface area contributed by atoms with Crippen LogP contribution in [0, 0.1) is 12.7 Å². The summed E-state index contributed by atoms with van der Waals surface area (Å²) in [5.74, 6) is 0.194. The van der Waals surface area contributed by atoms with Crippen molar-refractivity contribution in [3.05, 3.63) is 90.1 Å². The molecule has 4 rings (SSSR count). The van der Waals surface area contributed by atoms with E-state index in [1.165, 1.54) is 6.07 Å². The molecule has 3 N–H and O–H groups in total. The van der Waals surface area contributed by atoms with Gasteiger partial charge < -0.3 is 15.7 Å². The molecule has 156 valence electrons. The first-order chi connectivity index (χ1) is 15.1. The summed E-state index contributed by atoms with van der Waals surface area (Å²) in [5.41, 5.74) is 3.90. The van der Waals surface area contributed by atoms with Gasteiger partial charge >= 0.3 is 0 Å². The van der Waals surface area contributed by atoms with Crippen molar-refractivity contribution < 1.29 is 9.50 Å². The lowest BCUT2D eigenvalue weighted by Crippen LogP contribution is -2.08. The molecule has 0 radical (unpaired) electrons. The number of aryl methyl sites for hydroxylation is 1. The number of anilines is 3. The molecule has 0 unspecified atom stereocenters. The quantitative estimate of drug-likeness (QED) is 0.365. The van der Waals surface area contributed by atoms with Crippen LogP contribution < -0.4 is 10.6 Å². The molecule has 0 aliphatic carbocycles. The number of aromatic hydroxyl groups is 1. The predicted molar refractivity (Wildman–Crippen MR) is 120 cm³/mol. The fourth-order valence-electron chi connectivity index (χ4n) is 3.14. The van der Waals surface area contributed by atoms with Crippen LogP contribution in [0.3, 0.4) is 0 Å². The molecule has 6 nitrogen and oxygen atoms in total. The van der Waals surface area contributed by atoms with Gasteiger partial charge in [-0.25, -0.2) is 14.4 Å². The van der Waals surface area contributed by atoms with Crippen LogP contribution in [0.5, 0.6) is 5.75 Å². The molecule has 0 aliphatic heterocycles. The number of phenols is 1. The van der Waals surface area contributed by atoms with E-state index in [-0.39, 0.29) is 11.6 Å².